The fourth-order valence-electron chi connectivity index (χ4n) is 1.66. The molecule has 0 spiro atoms. The first-order chi connectivity index (χ1) is 10.7. The Bertz CT molecular complexity index is 753. The number of nitrogens with zero attached hydrogens (tertiary/aromatic N) is 3. The van der Waals surface area contributed by atoms with Crippen LogP contribution in [0.3, 0.4) is 0 Å². The van der Waals surface area contributed by atoms with E-state index >= 15 is 0 Å². The summed E-state index contributed by atoms with van der Waals surface area (Å²) < 4.78 is 5.12. The van der Waals surface area contributed by atoms with Crippen molar-refractivity contribution in [3.8, 4) is 11.4 Å². The van der Waals surface area contributed by atoms with Gasteiger partial charge in [-0.15, -0.1) is 11.3 Å². The number of hydrogen-bond donors (Lipinski definition) is 1. The number of thiazole rings is 1. The second-order valence-corrected chi connectivity index (χ2v) is 7.29. The zero-order valence-electron chi connectivity index (χ0n) is 11.6. The third kappa shape index (κ3) is 3.90. The smallest absolute Gasteiger partial charge is 0.236 e. The van der Waals surface area contributed by atoms with Crippen LogP contribution < -0.4 is 5.32 Å². The quantitative estimate of drug-likeness (QED) is 0.712. The van der Waals surface area contributed by atoms with Crippen LogP contribution in [0.5, 0.6) is 0 Å². The first-order valence-electron chi connectivity index (χ1n) is 6.43. The third-order valence-corrected chi connectivity index (χ3v) is 5.24. The van der Waals surface area contributed by atoms with Crippen molar-refractivity contribution >= 4 is 45.7 Å². The average molecular weight is 348 g/mol. The SMILES string of the molecule is Cc1ccc(-c2nsc(SCC(=O)Nc3nccs3)n2)cc1. The van der Waals surface area contributed by atoms with Crippen LogP contribution in [-0.2, 0) is 4.79 Å². The van der Waals surface area contributed by atoms with E-state index in [1.165, 1.54) is 40.2 Å². The van der Waals surface area contributed by atoms with Gasteiger partial charge in [0, 0.05) is 17.1 Å². The Hall–Kier alpha value is -1.77. The number of thioether (sulfide) groups is 1. The molecule has 22 heavy (non-hydrogen) atoms. The first-order valence-corrected chi connectivity index (χ1v) is 9.07. The summed E-state index contributed by atoms with van der Waals surface area (Å²) in [6.45, 7) is 2.04. The minimum Gasteiger partial charge on any atom is -0.301 e. The van der Waals surface area contributed by atoms with Gasteiger partial charge in [0.25, 0.3) is 0 Å². The van der Waals surface area contributed by atoms with E-state index in [2.05, 4.69) is 19.7 Å². The number of benzene rings is 1. The summed E-state index contributed by atoms with van der Waals surface area (Å²) in [7, 11) is 0. The van der Waals surface area contributed by atoms with Crippen molar-refractivity contribution in [2.24, 2.45) is 0 Å². The molecular weight excluding hydrogens is 336 g/mol. The van der Waals surface area contributed by atoms with E-state index in [-0.39, 0.29) is 5.91 Å². The van der Waals surface area contributed by atoms with Gasteiger partial charge in [-0.25, -0.2) is 9.97 Å². The molecule has 1 N–H and O–H groups in total. The Balaban J connectivity index is 1.57. The maximum absolute atomic E-state index is 11.8. The zero-order chi connectivity index (χ0) is 15.4. The lowest BCUT2D eigenvalue weighted by Gasteiger charge is -1.99. The maximum Gasteiger partial charge on any atom is 0.236 e. The van der Waals surface area contributed by atoms with Crippen molar-refractivity contribution in [2.45, 2.75) is 11.3 Å². The van der Waals surface area contributed by atoms with Crippen molar-refractivity contribution < 1.29 is 4.79 Å². The molecule has 0 bridgehead atoms. The summed E-state index contributed by atoms with van der Waals surface area (Å²) in [5.74, 6) is 0.905. The van der Waals surface area contributed by atoms with Crippen molar-refractivity contribution in [1.82, 2.24) is 14.3 Å². The molecule has 0 aliphatic heterocycles. The monoisotopic (exact) mass is 348 g/mol. The van der Waals surface area contributed by atoms with Gasteiger partial charge in [-0.3, -0.25) is 4.79 Å². The summed E-state index contributed by atoms with van der Waals surface area (Å²) in [4.78, 5) is 20.3. The summed E-state index contributed by atoms with van der Waals surface area (Å²) in [5.41, 5.74) is 2.19. The van der Waals surface area contributed by atoms with Gasteiger partial charge in [0.05, 0.1) is 5.75 Å². The van der Waals surface area contributed by atoms with Gasteiger partial charge < -0.3 is 5.32 Å². The zero-order valence-corrected chi connectivity index (χ0v) is 14.1. The van der Waals surface area contributed by atoms with Gasteiger partial charge in [-0.1, -0.05) is 41.6 Å². The van der Waals surface area contributed by atoms with E-state index in [9.17, 15) is 4.79 Å². The van der Waals surface area contributed by atoms with Crippen molar-refractivity contribution in [3.63, 3.8) is 0 Å². The van der Waals surface area contributed by atoms with Gasteiger partial charge in [-0.05, 0) is 18.5 Å². The molecule has 0 saturated carbocycles. The predicted octanol–water partition coefficient (Wildman–Crippen LogP) is 3.70. The number of anilines is 1. The Morgan fingerprint density at radius 3 is 2.86 bits per heavy atom. The third-order valence-electron chi connectivity index (χ3n) is 2.72. The van der Waals surface area contributed by atoms with Crippen molar-refractivity contribution in [3.05, 3.63) is 41.4 Å². The van der Waals surface area contributed by atoms with E-state index in [0.29, 0.717) is 16.7 Å². The van der Waals surface area contributed by atoms with Gasteiger partial charge in [0.1, 0.15) is 0 Å². The van der Waals surface area contributed by atoms with Crippen LogP contribution in [-0.4, -0.2) is 26.0 Å². The number of hydrogen-bond acceptors (Lipinski definition) is 7. The summed E-state index contributed by atoms with van der Waals surface area (Å²) in [5, 5.41) is 5.18. The minimum atomic E-state index is -0.0907. The molecule has 112 valence electrons. The topological polar surface area (TPSA) is 67.8 Å². The molecule has 0 radical (unpaired) electrons. The molecule has 0 saturated heterocycles. The number of nitrogens with one attached hydrogen (secondary N) is 1. The number of aryl methyl sites for hydroxylation is 1. The fourth-order valence-corrected chi connectivity index (χ4v) is 3.62. The Morgan fingerprint density at radius 1 is 1.32 bits per heavy atom. The lowest BCUT2D eigenvalue weighted by atomic mass is 10.1. The molecule has 0 unspecified atom stereocenters. The highest BCUT2D eigenvalue weighted by atomic mass is 32.2. The molecule has 1 aromatic carbocycles. The average Bonchev–Trinajstić information content (AvgIpc) is 3.17. The molecule has 0 aliphatic rings. The largest absolute Gasteiger partial charge is 0.301 e. The second-order valence-electron chi connectivity index (χ2n) is 4.42. The van der Waals surface area contributed by atoms with Crippen molar-refractivity contribution in [2.75, 3.05) is 11.1 Å². The second kappa shape index (κ2) is 6.99. The lowest BCUT2D eigenvalue weighted by Crippen LogP contribution is -2.13. The Labute approximate surface area is 140 Å². The summed E-state index contributed by atoms with van der Waals surface area (Å²) >= 11 is 4.08. The molecule has 3 rings (SSSR count). The van der Waals surface area contributed by atoms with Crippen LogP contribution in [0.25, 0.3) is 11.4 Å². The molecule has 0 fully saturated rings. The molecule has 0 atom stereocenters. The highest BCUT2D eigenvalue weighted by molar-refractivity contribution is 8.01. The number of carbonyl (C=O) groups excluding carboxylic acids is 1. The van der Waals surface area contributed by atoms with E-state index in [1.54, 1.807) is 6.20 Å². The normalized spacial score (nSPS) is 10.6. The van der Waals surface area contributed by atoms with Gasteiger partial charge in [-0.2, -0.15) is 4.37 Å². The van der Waals surface area contributed by atoms with E-state index in [4.69, 9.17) is 0 Å². The Kier molecular flexibility index (Phi) is 4.81. The van der Waals surface area contributed by atoms with E-state index in [0.717, 1.165) is 9.90 Å². The number of aromatic nitrogens is 3. The summed E-state index contributed by atoms with van der Waals surface area (Å²) in [6, 6.07) is 8.07. The van der Waals surface area contributed by atoms with E-state index < -0.39 is 0 Å². The molecular formula is C14H12N4OS3. The van der Waals surface area contributed by atoms with Gasteiger partial charge in [0.15, 0.2) is 15.3 Å². The minimum absolute atomic E-state index is 0.0907. The van der Waals surface area contributed by atoms with Crippen LogP contribution in [0.1, 0.15) is 5.56 Å². The number of amides is 1. The maximum atomic E-state index is 11.8. The van der Waals surface area contributed by atoms with Crippen LogP contribution in [0.15, 0.2) is 40.2 Å². The first kappa shape index (κ1) is 15.1. The highest BCUT2D eigenvalue weighted by Gasteiger charge is 2.10. The van der Waals surface area contributed by atoms with Crippen LogP contribution in [0, 0.1) is 6.92 Å². The van der Waals surface area contributed by atoms with Crippen molar-refractivity contribution in [1.29, 1.82) is 0 Å². The standard InChI is InChI=1S/C14H12N4OS3/c1-9-2-4-10(5-3-9)12-17-14(22-18-12)21-8-11(19)16-13-15-6-7-20-13/h2-7H,8H2,1H3,(H,15,16,19). The number of carbonyl (C=O) groups is 1. The van der Waals surface area contributed by atoms with Crippen LogP contribution in [0.2, 0.25) is 0 Å². The molecule has 0 aliphatic carbocycles. The van der Waals surface area contributed by atoms with Crippen LogP contribution >= 0.6 is 34.6 Å². The molecule has 3 aromatic rings. The molecule has 2 heterocycles. The van der Waals surface area contributed by atoms with Crippen LogP contribution in [0.4, 0.5) is 5.13 Å². The van der Waals surface area contributed by atoms with E-state index in [1.807, 2.05) is 36.6 Å². The lowest BCUT2D eigenvalue weighted by molar-refractivity contribution is -0.113. The summed E-state index contributed by atoms with van der Waals surface area (Å²) in [6.07, 6.45) is 1.66. The highest BCUT2D eigenvalue weighted by Crippen LogP contribution is 2.25. The Morgan fingerprint density at radius 2 is 2.14 bits per heavy atom. The van der Waals surface area contributed by atoms with Gasteiger partial charge in [0.2, 0.25) is 5.91 Å². The molecule has 1 amide bonds. The fraction of sp³-hybridized carbons (Fsp3) is 0.143. The predicted molar refractivity (Wildman–Crippen MR) is 91.5 cm³/mol. The molecule has 2 aromatic heterocycles. The molecule has 5 nitrogen and oxygen atoms in total. The molecule has 8 heteroatoms. The number of rotatable bonds is 5. The van der Waals surface area contributed by atoms with Gasteiger partial charge >= 0.3 is 0 Å².